The van der Waals surface area contributed by atoms with Crippen LogP contribution in [0.2, 0.25) is 0 Å². The van der Waals surface area contributed by atoms with E-state index in [0.717, 1.165) is 16.7 Å². The van der Waals surface area contributed by atoms with Crippen molar-refractivity contribution in [2.75, 3.05) is 0 Å². The van der Waals surface area contributed by atoms with Crippen LogP contribution in [0.4, 0.5) is 0 Å². The molecule has 0 amide bonds. The molecule has 3 N–H and O–H groups in total. The molecule has 0 aliphatic heterocycles. The molecule has 0 saturated carbocycles. The standard InChI is InChI=1S/C14H11N3O2/c18-14(19)13-6-12(16-17-13)11-8-15-7-10(11)9-4-2-1-3-5-9/h1-8,15H,(H,16,17)(H,18,19). The van der Waals surface area contributed by atoms with Crippen molar-refractivity contribution in [3.63, 3.8) is 0 Å². The molecule has 0 spiro atoms. The first-order valence-electron chi connectivity index (χ1n) is 5.77. The minimum atomic E-state index is -1.02. The minimum absolute atomic E-state index is 0.0789. The summed E-state index contributed by atoms with van der Waals surface area (Å²) in [6, 6.07) is 11.4. The molecule has 3 aromatic rings. The highest BCUT2D eigenvalue weighted by Crippen LogP contribution is 2.30. The van der Waals surface area contributed by atoms with Gasteiger partial charge in [0.2, 0.25) is 0 Å². The first-order valence-corrected chi connectivity index (χ1v) is 5.77. The number of rotatable bonds is 3. The third-order valence-corrected chi connectivity index (χ3v) is 2.91. The van der Waals surface area contributed by atoms with Crippen molar-refractivity contribution in [3.8, 4) is 22.4 Å². The van der Waals surface area contributed by atoms with Crippen LogP contribution in [0, 0.1) is 0 Å². The van der Waals surface area contributed by atoms with E-state index >= 15 is 0 Å². The Labute approximate surface area is 108 Å². The van der Waals surface area contributed by atoms with Crippen LogP contribution in [0.5, 0.6) is 0 Å². The maximum atomic E-state index is 10.9. The summed E-state index contributed by atoms with van der Waals surface area (Å²) in [7, 11) is 0. The molecule has 0 aliphatic carbocycles. The monoisotopic (exact) mass is 253 g/mol. The van der Waals surface area contributed by atoms with E-state index in [1.54, 1.807) is 0 Å². The number of hydrogen-bond donors (Lipinski definition) is 3. The number of nitrogens with one attached hydrogen (secondary N) is 2. The van der Waals surface area contributed by atoms with Crippen molar-refractivity contribution in [2.24, 2.45) is 0 Å². The molecule has 0 unspecified atom stereocenters. The van der Waals surface area contributed by atoms with Crippen LogP contribution in [0.1, 0.15) is 10.5 Å². The first kappa shape index (κ1) is 11.3. The van der Waals surface area contributed by atoms with Gasteiger partial charge in [0, 0.05) is 23.5 Å². The van der Waals surface area contributed by atoms with Gasteiger partial charge in [0.05, 0.1) is 5.69 Å². The molecule has 3 rings (SSSR count). The zero-order chi connectivity index (χ0) is 13.2. The molecule has 2 aromatic heterocycles. The van der Waals surface area contributed by atoms with Crippen LogP contribution in [-0.2, 0) is 0 Å². The quantitative estimate of drug-likeness (QED) is 0.671. The summed E-state index contributed by atoms with van der Waals surface area (Å²) in [5.41, 5.74) is 3.60. The van der Waals surface area contributed by atoms with Crippen molar-refractivity contribution in [3.05, 3.63) is 54.5 Å². The summed E-state index contributed by atoms with van der Waals surface area (Å²) in [5.74, 6) is -1.02. The van der Waals surface area contributed by atoms with Crippen LogP contribution in [0.3, 0.4) is 0 Å². The Morgan fingerprint density at radius 3 is 2.53 bits per heavy atom. The van der Waals surface area contributed by atoms with Gasteiger partial charge in [0.15, 0.2) is 0 Å². The van der Waals surface area contributed by atoms with Gasteiger partial charge < -0.3 is 10.1 Å². The number of aromatic amines is 2. The van der Waals surface area contributed by atoms with Crippen molar-refractivity contribution < 1.29 is 9.90 Å². The smallest absolute Gasteiger partial charge is 0.353 e. The Hall–Kier alpha value is -2.82. The fourth-order valence-electron chi connectivity index (χ4n) is 2.00. The molecule has 94 valence electrons. The molecule has 0 atom stereocenters. The van der Waals surface area contributed by atoms with E-state index in [0.29, 0.717) is 5.69 Å². The summed E-state index contributed by atoms with van der Waals surface area (Å²) >= 11 is 0. The van der Waals surface area contributed by atoms with Gasteiger partial charge in [0.1, 0.15) is 5.69 Å². The Kier molecular flexibility index (Phi) is 2.64. The van der Waals surface area contributed by atoms with E-state index in [9.17, 15) is 4.79 Å². The summed E-state index contributed by atoms with van der Waals surface area (Å²) < 4.78 is 0. The second-order valence-corrected chi connectivity index (χ2v) is 4.12. The van der Waals surface area contributed by atoms with E-state index in [1.807, 2.05) is 42.7 Å². The van der Waals surface area contributed by atoms with Gasteiger partial charge in [-0.25, -0.2) is 4.79 Å². The van der Waals surface area contributed by atoms with E-state index in [1.165, 1.54) is 6.07 Å². The number of aromatic nitrogens is 3. The molecule has 5 heteroatoms. The number of benzene rings is 1. The number of hydrogen-bond acceptors (Lipinski definition) is 2. The SMILES string of the molecule is O=C(O)c1cc(-c2c[nH]cc2-c2ccccc2)n[nH]1. The molecule has 0 aliphatic rings. The Morgan fingerprint density at radius 1 is 1.11 bits per heavy atom. The second kappa shape index (κ2) is 4.45. The van der Waals surface area contributed by atoms with Crippen LogP contribution in [0.15, 0.2) is 48.8 Å². The average molecular weight is 253 g/mol. The topological polar surface area (TPSA) is 81.8 Å². The van der Waals surface area contributed by atoms with Gasteiger partial charge >= 0.3 is 5.97 Å². The van der Waals surface area contributed by atoms with Crippen LogP contribution in [0.25, 0.3) is 22.4 Å². The Morgan fingerprint density at radius 2 is 1.84 bits per heavy atom. The highest BCUT2D eigenvalue weighted by Gasteiger charge is 2.13. The van der Waals surface area contributed by atoms with Crippen LogP contribution >= 0.6 is 0 Å². The molecule has 19 heavy (non-hydrogen) atoms. The van der Waals surface area contributed by atoms with Gasteiger partial charge in [-0.2, -0.15) is 5.10 Å². The molecule has 2 heterocycles. The molecule has 1 aromatic carbocycles. The lowest BCUT2D eigenvalue weighted by Crippen LogP contribution is -1.95. The summed E-state index contributed by atoms with van der Waals surface area (Å²) in [6.45, 7) is 0. The Bertz CT molecular complexity index is 713. The van der Waals surface area contributed by atoms with Gasteiger partial charge in [0.25, 0.3) is 0 Å². The van der Waals surface area contributed by atoms with E-state index in [4.69, 9.17) is 5.11 Å². The lowest BCUT2D eigenvalue weighted by Gasteiger charge is -2.00. The minimum Gasteiger partial charge on any atom is -0.477 e. The predicted molar refractivity (Wildman–Crippen MR) is 70.8 cm³/mol. The number of H-pyrrole nitrogens is 2. The maximum Gasteiger partial charge on any atom is 0.353 e. The number of aromatic carboxylic acids is 1. The zero-order valence-electron chi connectivity index (χ0n) is 9.92. The normalized spacial score (nSPS) is 10.5. The molecular formula is C14H11N3O2. The third kappa shape index (κ3) is 2.01. The molecule has 0 fully saturated rings. The van der Waals surface area contributed by atoms with E-state index in [-0.39, 0.29) is 5.69 Å². The Balaban J connectivity index is 2.07. The van der Waals surface area contributed by atoms with Gasteiger partial charge in [-0.15, -0.1) is 0 Å². The predicted octanol–water partition coefficient (Wildman–Crippen LogP) is 2.77. The van der Waals surface area contributed by atoms with Gasteiger partial charge in [-0.1, -0.05) is 30.3 Å². The van der Waals surface area contributed by atoms with Crippen molar-refractivity contribution in [1.82, 2.24) is 15.2 Å². The molecule has 0 radical (unpaired) electrons. The largest absolute Gasteiger partial charge is 0.477 e. The number of carboxylic acids is 1. The zero-order valence-corrected chi connectivity index (χ0v) is 9.92. The van der Waals surface area contributed by atoms with Crippen LogP contribution < -0.4 is 0 Å². The van der Waals surface area contributed by atoms with Crippen molar-refractivity contribution >= 4 is 5.97 Å². The highest BCUT2D eigenvalue weighted by atomic mass is 16.4. The summed E-state index contributed by atoms with van der Waals surface area (Å²) in [5, 5.41) is 15.5. The number of carbonyl (C=O) groups is 1. The fourth-order valence-corrected chi connectivity index (χ4v) is 2.00. The lowest BCUT2D eigenvalue weighted by molar-refractivity contribution is 0.0690. The van der Waals surface area contributed by atoms with Crippen molar-refractivity contribution in [1.29, 1.82) is 0 Å². The summed E-state index contributed by atoms with van der Waals surface area (Å²) in [4.78, 5) is 13.9. The molecular weight excluding hydrogens is 242 g/mol. The number of nitrogens with zero attached hydrogens (tertiary/aromatic N) is 1. The first-order chi connectivity index (χ1) is 9.25. The van der Waals surface area contributed by atoms with E-state index < -0.39 is 5.97 Å². The van der Waals surface area contributed by atoms with E-state index in [2.05, 4.69) is 15.2 Å². The molecule has 5 nitrogen and oxygen atoms in total. The maximum absolute atomic E-state index is 10.9. The van der Waals surface area contributed by atoms with Crippen molar-refractivity contribution in [2.45, 2.75) is 0 Å². The molecule has 0 bridgehead atoms. The fraction of sp³-hybridized carbons (Fsp3) is 0. The molecule has 0 saturated heterocycles. The van der Waals surface area contributed by atoms with Crippen LogP contribution in [-0.4, -0.2) is 26.3 Å². The van der Waals surface area contributed by atoms with Gasteiger partial charge in [-0.3, -0.25) is 5.10 Å². The lowest BCUT2D eigenvalue weighted by atomic mass is 10.0. The average Bonchev–Trinajstić information content (AvgIpc) is 3.08. The third-order valence-electron chi connectivity index (χ3n) is 2.91. The van der Waals surface area contributed by atoms with Gasteiger partial charge in [-0.05, 0) is 11.6 Å². The summed E-state index contributed by atoms with van der Waals surface area (Å²) in [6.07, 6.45) is 3.68. The highest BCUT2D eigenvalue weighted by molar-refractivity contribution is 5.88. The number of carboxylic acid groups (broad SMARTS) is 1. The second-order valence-electron chi connectivity index (χ2n) is 4.12.